The van der Waals surface area contributed by atoms with Crippen LogP contribution in [0.3, 0.4) is 0 Å². The standard InChI is InChI=1S/C37H45ClFN7O3S/c1-5-50(47,48)30-11-14-43(15-12-30)24(2)20-46-29(18-40)17-31-25(3)26(6-8-33(31)46)21-44-13-10-27-22-45(23-34(27)44)37-36(19-41-42(37)4)49-35-9-7-28(38)16-32(35)39/h6-9,16-17,19,24,27,30,34H,5,10-15,20-23H2,1-4H3. The molecule has 3 saturated heterocycles. The lowest BCUT2D eigenvalue weighted by Crippen LogP contribution is -2.45. The van der Waals surface area contributed by atoms with Crippen LogP contribution in [0.2, 0.25) is 5.02 Å². The van der Waals surface area contributed by atoms with Crippen molar-refractivity contribution in [2.45, 2.75) is 70.5 Å². The molecule has 3 unspecified atom stereocenters. The number of halogens is 2. The first-order valence-electron chi connectivity index (χ1n) is 17.6. The highest BCUT2D eigenvalue weighted by Crippen LogP contribution is 2.40. The Morgan fingerprint density at radius 1 is 1.10 bits per heavy atom. The summed E-state index contributed by atoms with van der Waals surface area (Å²) in [6.07, 6.45) is 4.06. The molecule has 2 aromatic carbocycles. The molecule has 0 saturated carbocycles. The van der Waals surface area contributed by atoms with Crippen LogP contribution in [-0.4, -0.2) is 88.4 Å². The molecular formula is C37H45ClFN7O3S. The van der Waals surface area contributed by atoms with Crippen LogP contribution in [0.1, 0.15) is 49.9 Å². The maximum absolute atomic E-state index is 14.6. The predicted molar refractivity (Wildman–Crippen MR) is 194 cm³/mol. The largest absolute Gasteiger partial charge is 0.449 e. The third-order valence-corrected chi connectivity index (χ3v) is 13.9. The van der Waals surface area contributed by atoms with Gasteiger partial charge < -0.3 is 14.2 Å². The van der Waals surface area contributed by atoms with Crippen molar-refractivity contribution in [3.05, 3.63) is 70.3 Å². The number of fused-ring (bicyclic) bond motifs is 2. The molecule has 10 nitrogen and oxygen atoms in total. The Kier molecular flexibility index (Phi) is 9.62. The Hall–Kier alpha value is -3.63. The van der Waals surface area contributed by atoms with E-state index < -0.39 is 15.7 Å². The van der Waals surface area contributed by atoms with Crippen molar-refractivity contribution in [1.29, 1.82) is 5.26 Å². The molecule has 0 aliphatic carbocycles. The van der Waals surface area contributed by atoms with Gasteiger partial charge in [0, 0.05) is 67.0 Å². The average Bonchev–Trinajstić information content (AvgIpc) is 3.87. The average molecular weight is 722 g/mol. The van der Waals surface area contributed by atoms with Gasteiger partial charge in [0.1, 0.15) is 11.8 Å². The van der Waals surface area contributed by atoms with Crippen LogP contribution >= 0.6 is 11.6 Å². The summed E-state index contributed by atoms with van der Waals surface area (Å²) in [5.74, 6) is 1.64. The van der Waals surface area contributed by atoms with E-state index in [1.807, 2.05) is 13.1 Å². The number of hydrogen-bond acceptors (Lipinski definition) is 8. The van der Waals surface area contributed by atoms with Crippen molar-refractivity contribution in [1.82, 2.24) is 24.1 Å². The molecule has 3 fully saturated rings. The molecule has 3 atom stereocenters. The van der Waals surface area contributed by atoms with Gasteiger partial charge in [0.15, 0.2) is 33.0 Å². The zero-order chi connectivity index (χ0) is 35.3. The second-order valence-corrected chi connectivity index (χ2v) is 17.2. The molecule has 0 amide bonds. The van der Waals surface area contributed by atoms with Gasteiger partial charge >= 0.3 is 0 Å². The zero-order valence-corrected chi connectivity index (χ0v) is 30.7. The predicted octanol–water partition coefficient (Wildman–Crippen LogP) is 6.14. The Morgan fingerprint density at radius 3 is 2.60 bits per heavy atom. The van der Waals surface area contributed by atoms with Crippen LogP contribution in [0.15, 0.2) is 42.6 Å². The highest BCUT2D eigenvalue weighted by atomic mass is 35.5. The van der Waals surface area contributed by atoms with Crippen LogP contribution < -0.4 is 9.64 Å². The minimum absolute atomic E-state index is 0.114. The van der Waals surface area contributed by atoms with Gasteiger partial charge in [-0.1, -0.05) is 24.6 Å². The first-order chi connectivity index (χ1) is 24.0. The van der Waals surface area contributed by atoms with Crippen LogP contribution in [0.25, 0.3) is 10.9 Å². The Labute approximate surface area is 298 Å². The minimum atomic E-state index is -3.02. The number of anilines is 1. The van der Waals surface area contributed by atoms with Crippen LogP contribution in [0.5, 0.6) is 11.5 Å². The fourth-order valence-electron chi connectivity index (χ4n) is 8.43. The number of ether oxygens (including phenoxy) is 1. The Morgan fingerprint density at radius 2 is 1.88 bits per heavy atom. The Bertz CT molecular complexity index is 2050. The number of nitrogens with zero attached hydrogens (tertiary/aromatic N) is 7. The van der Waals surface area contributed by atoms with Gasteiger partial charge in [0.2, 0.25) is 0 Å². The number of sulfone groups is 1. The molecule has 5 heterocycles. The minimum Gasteiger partial charge on any atom is -0.449 e. The van der Waals surface area contributed by atoms with E-state index in [4.69, 9.17) is 16.3 Å². The summed E-state index contributed by atoms with van der Waals surface area (Å²) in [4.78, 5) is 7.24. The van der Waals surface area contributed by atoms with Crippen molar-refractivity contribution < 1.29 is 17.5 Å². The molecule has 0 bridgehead atoms. The summed E-state index contributed by atoms with van der Waals surface area (Å²) < 4.78 is 49.3. The summed E-state index contributed by atoms with van der Waals surface area (Å²) in [5.41, 5.74) is 4.16. The van der Waals surface area contributed by atoms with Crippen LogP contribution in [-0.2, 0) is 30.0 Å². The number of nitriles is 1. The smallest absolute Gasteiger partial charge is 0.189 e. The number of rotatable bonds is 10. The summed E-state index contributed by atoms with van der Waals surface area (Å²) in [6.45, 7) is 11.8. The molecule has 0 spiro atoms. The number of aromatic nitrogens is 3. The second-order valence-electron chi connectivity index (χ2n) is 14.2. The lowest BCUT2D eigenvalue weighted by molar-refractivity contribution is 0.161. The topological polar surface area (TPSA) is 99.6 Å². The van der Waals surface area contributed by atoms with E-state index in [1.54, 1.807) is 23.9 Å². The zero-order valence-electron chi connectivity index (χ0n) is 29.1. The lowest BCUT2D eigenvalue weighted by Gasteiger charge is -2.36. The SMILES string of the molecule is CCS(=O)(=O)C1CCN(C(C)Cn2c(C#N)cc3c(C)c(CN4CCC5CN(c6c(Oc7ccc(Cl)cc7F)cnn6C)CC54)ccc32)CC1. The van der Waals surface area contributed by atoms with Gasteiger partial charge in [-0.15, -0.1) is 0 Å². The van der Waals surface area contributed by atoms with Gasteiger partial charge in [-0.05, 0) is 100 Å². The van der Waals surface area contributed by atoms with Crippen molar-refractivity contribution in [2.24, 2.45) is 13.0 Å². The van der Waals surface area contributed by atoms with Gasteiger partial charge in [-0.3, -0.25) is 9.80 Å². The summed E-state index contributed by atoms with van der Waals surface area (Å²) in [7, 11) is -1.13. The molecule has 0 N–H and O–H groups in total. The highest BCUT2D eigenvalue weighted by Gasteiger charge is 2.43. The van der Waals surface area contributed by atoms with E-state index in [2.05, 4.69) is 56.4 Å². The molecule has 7 rings (SSSR count). The van der Waals surface area contributed by atoms with E-state index in [1.165, 1.54) is 23.3 Å². The van der Waals surface area contributed by atoms with Crippen molar-refractivity contribution in [3.8, 4) is 17.6 Å². The van der Waals surface area contributed by atoms with Crippen molar-refractivity contribution >= 4 is 38.2 Å². The quantitative estimate of drug-likeness (QED) is 0.193. The van der Waals surface area contributed by atoms with Gasteiger partial charge in [0.05, 0.1) is 11.4 Å². The summed E-state index contributed by atoms with van der Waals surface area (Å²) in [5, 5.41) is 15.7. The van der Waals surface area contributed by atoms with E-state index in [-0.39, 0.29) is 22.8 Å². The van der Waals surface area contributed by atoms with Crippen LogP contribution in [0.4, 0.5) is 10.2 Å². The number of benzene rings is 2. The lowest BCUT2D eigenvalue weighted by atomic mass is 10.0. The van der Waals surface area contributed by atoms with E-state index in [9.17, 15) is 18.1 Å². The molecule has 3 aliphatic heterocycles. The molecular weight excluding hydrogens is 677 g/mol. The number of piperidine rings is 1. The second kappa shape index (κ2) is 13.8. The first-order valence-corrected chi connectivity index (χ1v) is 19.7. The van der Waals surface area contributed by atoms with Gasteiger partial charge in [-0.2, -0.15) is 10.4 Å². The fourth-order valence-corrected chi connectivity index (χ4v) is 9.99. The first kappa shape index (κ1) is 34.8. The maximum atomic E-state index is 14.6. The maximum Gasteiger partial charge on any atom is 0.189 e. The van der Waals surface area contributed by atoms with Gasteiger partial charge in [-0.25, -0.2) is 17.5 Å². The van der Waals surface area contributed by atoms with Crippen molar-refractivity contribution in [2.75, 3.05) is 43.4 Å². The summed E-state index contributed by atoms with van der Waals surface area (Å²) >= 11 is 5.95. The third kappa shape index (κ3) is 6.49. The molecule has 266 valence electrons. The molecule has 2 aromatic heterocycles. The highest BCUT2D eigenvalue weighted by molar-refractivity contribution is 7.92. The molecule has 13 heteroatoms. The Balaban J connectivity index is 1.04. The molecule has 3 aliphatic rings. The van der Waals surface area contributed by atoms with E-state index in [0.29, 0.717) is 47.8 Å². The number of aryl methyl sites for hydroxylation is 2. The van der Waals surface area contributed by atoms with E-state index in [0.717, 1.165) is 62.4 Å². The van der Waals surface area contributed by atoms with Gasteiger partial charge in [0.25, 0.3) is 0 Å². The number of hydrogen-bond donors (Lipinski definition) is 0. The fraction of sp³-hybridized carbons (Fsp3) is 0.514. The normalized spacial score (nSPS) is 21.2. The molecule has 4 aromatic rings. The number of likely N-dealkylation sites (tertiary alicyclic amines) is 2. The van der Waals surface area contributed by atoms with E-state index >= 15 is 0 Å². The van der Waals surface area contributed by atoms with Crippen LogP contribution in [0, 0.1) is 30.0 Å². The third-order valence-electron chi connectivity index (χ3n) is 11.4. The monoisotopic (exact) mass is 721 g/mol. The molecule has 50 heavy (non-hydrogen) atoms. The summed E-state index contributed by atoms with van der Waals surface area (Å²) in [6, 6.07) is 13.8. The molecule has 0 radical (unpaired) electrons. The van der Waals surface area contributed by atoms with Crippen molar-refractivity contribution in [3.63, 3.8) is 0 Å².